The van der Waals surface area contributed by atoms with Gasteiger partial charge in [0, 0.05) is 31.8 Å². The van der Waals surface area contributed by atoms with Gasteiger partial charge < -0.3 is 9.64 Å². The fourth-order valence-electron chi connectivity index (χ4n) is 1.86. The molecule has 0 amide bonds. The lowest BCUT2D eigenvalue weighted by atomic mass is 10.1. The first-order chi connectivity index (χ1) is 8.90. The molecule has 0 aromatic carbocycles. The molecule has 0 aliphatic carbocycles. The monoisotopic (exact) mass is 270 g/mol. The summed E-state index contributed by atoms with van der Waals surface area (Å²) in [7, 11) is 5.59. The van der Waals surface area contributed by atoms with Crippen molar-refractivity contribution < 1.29 is 9.53 Å². The van der Waals surface area contributed by atoms with E-state index >= 15 is 0 Å². The largest absolute Gasteiger partial charge is 0.466 e. The van der Waals surface area contributed by atoms with Crippen LogP contribution in [-0.2, 0) is 9.53 Å². The number of esters is 1. The SMILES string of the molecule is CCC(=CCN(CCN(C)C)CC(C)C)C(=O)OC. The van der Waals surface area contributed by atoms with E-state index in [0.717, 1.165) is 38.2 Å². The minimum absolute atomic E-state index is 0.209. The zero-order chi connectivity index (χ0) is 14.8. The number of methoxy groups -OCH3 is 1. The topological polar surface area (TPSA) is 32.8 Å². The molecule has 0 heterocycles. The zero-order valence-corrected chi connectivity index (χ0v) is 13.4. The van der Waals surface area contributed by atoms with Crippen LogP contribution in [0, 0.1) is 5.92 Å². The molecule has 0 saturated heterocycles. The Morgan fingerprint density at radius 1 is 1.26 bits per heavy atom. The van der Waals surface area contributed by atoms with E-state index < -0.39 is 0 Å². The van der Waals surface area contributed by atoms with E-state index in [-0.39, 0.29) is 5.97 Å². The van der Waals surface area contributed by atoms with Gasteiger partial charge in [-0.05, 0) is 26.4 Å². The highest BCUT2D eigenvalue weighted by atomic mass is 16.5. The van der Waals surface area contributed by atoms with Gasteiger partial charge in [0.05, 0.1) is 7.11 Å². The molecule has 112 valence electrons. The summed E-state index contributed by atoms with van der Waals surface area (Å²) < 4.78 is 4.78. The van der Waals surface area contributed by atoms with Crippen molar-refractivity contribution in [3.8, 4) is 0 Å². The highest BCUT2D eigenvalue weighted by Crippen LogP contribution is 2.05. The standard InChI is InChI=1S/C15H30N2O2/c1-7-14(15(18)19-6)8-9-17(12-13(2)3)11-10-16(4)5/h8,13H,7,9-12H2,1-6H3. The summed E-state index contributed by atoms with van der Waals surface area (Å²) in [5, 5.41) is 0. The van der Waals surface area contributed by atoms with Crippen LogP contribution in [0.4, 0.5) is 0 Å². The van der Waals surface area contributed by atoms with E-state index in [2.05, 4.69) is 37.7 Å². The van der Waals surface area contributed by atoms with Crippen molar-refractivity contribution in [2.75, 3.05) is 47.4 Å². The first-order valence-electron chi connectivity index (χ1n) is 7.05. The van der Waals surface area contributed by atoms with E-state index in [1.54, 1.807) is 0 Å². The molecule has 0 unspecified atom stereocenters. The van der Waals surface area contributed by atoms with Crippen LogP contribution in [0.5, 0.6) is 0 Å². The van der Waals surface area contributed by atoms with Crippen molar-refractivity contribution in [2.24, 2.45) is 5.92 Å². The lowest BCUT2D eigenvalue weighted by Crippen LogP contribution is -2.34. The lowest BCUT2D eigenvalue weighted by molar-refractivity contribution is -0.136. The normalized spacial score (nSPS) is 12.6. The Balaban J connectivity index is 4.52. The number of hydrogen-bond acceptors (Lipinski definition) is 4. The maximum absolute atomic E-state index is 11.5. The van der Waals surface area contributed by atoms with Gasteiger partial charge in [-0.25, -0.2) is 4.79 Å². The zero-order valence-electron chi connectivity index (χ0n) is 13.4. The van der Waals surface area contributed by atoms with Gasteiger partial charge in [0.1, 0.15) is 0 Å². The number of ether oxygens (including phenoxy) is 1. The fourth-order valence-corrected chi connectivity index (χ4v) is 1.86. The molecule has 0 atom stereocenters. The predicted octanol–water partition coefficient (Wildman–Crippen LogP) is 2.02. The Morgan fingerprint density at radius 3 is 2.32 bits per heavy atom. The highest BCUT2D eigenvalue weighted by molar-refractivity contribution is 5.88. The summed E-state index contributed by atoms with van der Waals surface area (Å²) in [6, 6.07) is 0. The van der Waals surface area contributed by atoms with Gasteiger partial charge in [-0.3, -0.25) is 4.90 Å². The molecule has 0 saturated carbocycles. The minimum Gasteiger partial charge on any atom is -0.466 e. The third-order valence-corrected chi connectivity index (χ3v) is 2.91. The number of rotatable bonds is 9. The molecule has 0 aliphatic heterocycles. The second-order valence-electron chi connectivity index (χ2n) is 5.53. The molecule has 4 nitrogen and oxygen atoms in total. The summed E-state index contributed by atoms with van der Waals surface area (Å²) in [4.78, 5) is 16.1. The predicted molar refractivity (Wildman–Crippen MR) is 80.2 cm³/mol. The molecule has 0 radical (unpaired) electrons. The summed E-state index contributed by atoms with van der Waals surface area (Å²) >= 11 is 0. The van der Waals surface area contributed by atoms with Crippen LogP contribution < -0.4 is 0 Å². The van der Waals surface area contributed by atoms with Crippen molar-refractivity contribution in [1.29, 1.82) is 0 Å². The van der Waals surface area contributed by atoms with E-state index in [4.69, 9.17) is 4.74 Å². The number of nitrogens with zero attached hydrogens (tertiary/aromatic N) is 2. The van der Waals surface area contributed by atoms with E-state index in [9.17, 15) is 4.79 Å². The number of likely N-dealkylation sites (N-methyl/N-ethyl adjacent to an activating group) is 1. The molecule has 0 bridgehead atoms. The van der Waals surface area contributed by atoms with Crippen LogP contribution >= 0.6 is 0 Å². The van der Waals surface area contributed by atoms with Crippen molar-refractivity contribution in [1.82, 2.24) is 9.80 Å². The van der Waals surface area contributed by atoms with Gasteiger partial charge in [-0.2, -0.15) is 0 Å². The average Bonchev–Trinajstić information content (AvgIpc) is 2.35. The third kappa shape index (κ3) is 8.78. The molecule has 0 fully saturated rings. The van der Waals surface area contributed by atoms with Crippen molar-refractivity contribution in [2.45, 2.75) is 27.2 Å². The summed E-state index contributed by atoms with van der Waals surface area (Å²) in [6.45, 7) is 10.3. The molecule has 0 spiro atoms. The molecule has 19 heavy (non-hydrogen) atoms. The molecule has 0 aliphatic rings. The van der Waals surface area contributed by atoms with E-state index in [1.807, 2.05) is 13.0 Å². The van der Waals surface area contributed by atoms with Gasteiger partial charge in [-0.15, -0.1) is 0 Å². The quantitative estimate of drug-likeness (QED) is 0.474. The van der Waals surface area contributed by atoms with Crippen molar-refractivity contribution in [3.63, 3.8) is 0 Å². The molecular weight excluding hydrogens is 240 g/mol. The molecule has 0 aromatic heterocycles. The maximum atomic E-state index is 11.5. The maximum Gasteiger partial charge on any atom is 0.333 e. The Morgan fingerprint density at radius 2 is 1.89 bits per heavy atom. The third-order valence-electron chi connectivity index (χ3n) is 2.91. The van der Waals surface area contributed by atoms with Crippen LogP contribution in [-0.4, -0.2) is 63.2 Å². The smallest absolute Gasteiger partial charge is 0.333 e. The van der Waals surface area contributed by atoms with E-state index in [0.29, 0.717) is 5.92 Å². The highest BCUT2D eigenvalue weighted by Gasteiger charge is 2.10. The van der Waals surface area contributed by atoms with Crippen LogP contribution in [0.1, 0.15) is 27.2 Å². The van der Waals surface area contributed by atoms with Crippen LogP contribution in [0.2, 0.25) is 0 Å². The Hall–Kier alpha value is -0.870. The molecule has 0 aromatic rings. The number of carbonyl (C=O) groups excluding carboxylic acids is 1. The Labute approximate surface area is 118 Å². The molecule has 0 N–H and O–H groups in total. The van der Waals surface area contributed by atoms with Crippen molar-refractivity contribution >= 4 is 5.97 Å². The number of carbonyl (C=O) groups is 1. The Bertz CT molecular complexity index is 286. The summed E-state index contributed by atoms with van der Waals surface area (Å²) in [6.07, 6.45) is 2.72. The van der Waals surface area contributed by atoms with Crippen LogP contribution in [0.3, 0.4) is 0 Å². The van der Waals surface area contributed by atoms with Gasteiger partial charge in [0.2, 0.25) is 0 Å². The van der Waals surface area contributed by atoms with Gasteiger partial charge in [0.25, 0.3) is 0 Å². The van der Waals surface area contributed by atoms with E-state index in [1.165, 1.54) is 7.11 Å². The first kappa shape index (κ1) is 18.1. The second-order valence-corrected chi connectivity index (χ2v) is 5.53. The summed E-state index contributed by atoms with van der Waals surface area (Å²) in [5.41, 5.74) is 0.765. The molecular formula is C15H30N2O2. The average molecular weight is 270 g/mol. The molecule has 0 rings (SSSR count). The Kier molecular flexibility index (Phi) is 9.53. The van der Waals surface area contributed by atoms with Crippen LogP contribution in [0.15, 0.2) is 11.6 Å². The fraction of sp³-hybridized carbons (Fsp3) is 0.800. The second kappa shape index (κ2) is 9.98. The minimum atomic E-state index is -0.209. The van der Waals surface area contributed by atoms with Gasteiger partial charge in [0.15, 0.2) is 0 Å². The number of hydrogen-bond donors (Lipinski definition) is 0. The van der Waals surface area contributed by atoms with Gasteiger partial charge in [-0.1, -0.05) is 26.8 Å². The lowest BCUT2D eigenvalue weighted by Gasteiger charge is -2.24. The van der Waals surface area contributed by atoms with Crippen LogP contribution in [0.25, 0.3) is 0 Å². The first-order valence-corrected chi connectivity index (χ1v) is 7.05. The van der Waals surface area contributed by atoms with Crippen molar-refractivity contribution in [3.05, 3.63) is 11.6 Å². The molecule has 4 heteroatoms. The van der Waals surface area contributed by atoms with Gasteiger partial charge >= 0.3 is 5.97 Å². The summed E-state index contributed by atoms with van der Waals surface area (Å²) in [5.74, 6) is 0.415.